The van der Waals surface area contributed by atoms with Crippen LogP contribution in [0.3, 0.4) is 0 Å². The van der Waals surface area contributed by atoms with E-state index in [0.29, 0.717) is 18.7 Å². The molecule has 10 heteroatoms. The molecule has 3 heterocycles. The average molecular weight is 406 g/mol. The monoisotopic (exact) mass is 406 g/mol. The summed E-state index contributed by atoms with van der Waals surface area (Å²) in [7, 11) is 0. The van der Waals surface area contributed by atoms with E-state index in [-0.39, 0.29) is 36.4 Å². The molecule has 2 saturated heterocycles. The predicted molar refractivity (Wildman–Crippen MR) is 96.1 cm³/mol. The third-order valence-corrected chi connectivity index (χ3v) is 5.64. The first-order valence-corrected chi connectivity index (χ1v) is 9.43. The molecule has 2 unspecified atom stereocenters. The Kier molecular flexibility index (Phi) is 5.13. The van der Waals surface area contributed by atoms with E-state index in [4.69, 9.17) is 0 Å². The summed E-state index contributed by atoms with van der Waals surface area (Å²) < 4.78 is 26.5. The minimum absolute atomic E-state index is 0.0457. The Bertz CT molecular complexity index is 887. The average Bonchev–Trinajstić information content (AvgIpc) is 2.87. The molecule has 0 aromatic heterocycles. The van der Waals surface area contributed by atoms with Crippen molar-refractivity contribution in [3.05, 3.63) is 34.9 Å². The Labute approximate surface area is 165 Å². The molecule has 1 aromatic rings. The molecule has 0 aliphatic carbocycles. The lowest BCUT2D eigenvalue weighted by molar-refractivity contribution is -0.136. The second kappa shape index (κ2) is 7.60. The molecule has 8 nitrogen and oxygen atoms in total. The van der Waals surface area contributed by atoms with E-state index in [0.717, 1.165) is 4.90 Å². The van der Waals surface area contributed by atoms with Gasteiger partial charge in [0.1, 0.15) is 6.04 Å². The van der Waals surface area contributed by atoms with Crippen LogP contribution in [0, 0.1) is 5.92 Å². The Morgan fingerprint density at radius 1 is 1.10 bits per heavy atom. The number of carbonyl (C=O) groups excluding carboxylic acids is 4. The first-order valence-electron chi connectivity index (χ1n) is 9.43. The van der Waals surface area contributed by atoms with E-state index in [9.17, 15) is 28.0 Å². The van der Waals surface area contributed by atoms with Gasteiger partial charge in [0, 0.05) is 32.0 Å². The summed E-state index contributed by atoms with van der Waals surface area (Å²) in [6.07, 6.45) is -2.39. The van der Waals surface area contributed by atoms with Gasteiger partial charge in [0.05, 0.1) is 17.2 Å². The van der Waals surface area contributed by atoms with Gasteiger partial charge in [-0.3, -0.25) is 29.4 Å². The van der Waals surface area contributed by atoms with Gasteiger partial charge in [0.25, 0.3) is 18.2 Å². The predicted octanol–water partition coefficient (Wildman–Crippen LogP) is 0.0305. The number of fused-ring (bicyclic) bond motifs is 1. The first kappa shape index (κ1) is 19.6. The molecule has 1 aromatic carbocycles. The quantitative estimate of drug-likeness (QED) is 0.576. The zero-order chi connectivity index (χ0) is 20.7. The fourth-order valence-corrected chi connectivity index (χ4v) is 3.89. The Balaban J connectivity index is 1.49. The van der Waals surface area contributed by atoms with Crippen molar-refractivity contribution in [1.82, 2.24) is 20.9 Å². The summed E-state index contributed by atoms with van der Waals surface area (Å²) >= 11 is 0. The molecule has 4 rings (SSSR count). The molecular weight excluding hydrogens is 386 g/mol. The number of carbonyl (C=O) groups is 4. The van der Waals surface area contributed by atoms with Crippen molar-refractivity contribution in [1.29, 1.82) is 0 Å². The van der Waals surface area contributed by atoms with Crippen LogP contribution < -0.4 is 16.0 Å². The highest BCUT2D eigenvalue weighted by atomic mass is 19.3. The number of piperidine rings is 1. The van der Waals surface area contributed by atoms with Crippen LogP contribution >= 0.6 is 0 Å². The van der Waals surface area contributed by atoms with E-state index in [2.05, 4.69) is 16.0 Å². The van der Waals surface area contributed by atoms with Gasteiger partial charge in [0.2, 0.25) is 11.8 Å². The van der Waals surface area contributed by atoms with Gasteiger partial charge in [0.15, 0.2) is 0 Å². The number of nitrogens with zero attached hydrogens (tertiary/aromatic N) is 1. The second-order valence-corrected chi connectivity index (χ2v) is 7.49. The summed E-state index contributed by atoms with van der Waals surface area (Å²) in [4.78, 5) is 49.7. The maximum absolute atomic E-state index is 13.3. The molecule has 0 bridgehead atoms. The molecule has 0 radical (unpaired) electrons. The zero-order valence-electron chi connectivity index (χ0n) is 15.4. The largest absolute Gasteiger partial charge is 0.316 e. The van der Waals surface area contributed by atoms with Gasteiger partial charge in [-0.15, -0.1) is 0 Å². The lowest BCUT2D eigenvalue weighted by Gasteiger charge is -2.34. The zero-order valence-corrected chi connectivity index (χ0v) is 15.4. The van der Waals surface area contributed by atoms with Crippen molar-refractivity contribution in [2.75, 3.05) is 13.1 Å². The van der Waals surface area contributed by atoms with Crippen molar-refractivity contribution < 1.29 is 28.0 Å². The third-order valence-electron chi connectivity index (χ3n) is 5.64. The number of alkyl halides is 2. The van der Waals surface area contributed by atoms with E-state index in [1.54, 1.807) is 6.07 Å². The second-order valence-electron chi connectivity index (χ2n) is 7.49. The molecule has 4 amide bonds. The topological polar surface area (TPSA) is 108 Å². The van der Waals surface area contributed by atoms with E-state index >= 15 is 0 Å². The van der Waals surface area contributed by atoms with Gasteiger partial charge < -0.3 is 10.6 Å². The molecule has 0 spiro atoms. The number of hydrogen-bond acceptors (Lipinski definition) is 6. The summed E-state index contributed by atoms with van der Waals surface area (Å²) in [5.41, 5.74) is 0.892. The van der Waals surface area contributed by atoms with Crippen LogP contribution in [-0.4, -0.2) is 60.1 Å². The van der Waals surface area contributed by atoms with Gasteiger partial charge >= 0.3 is 0 Å². The van der Waals surface area contributed by atoms with Crippen molar-refractivity contribution in [3.8, 4) is 0 Å². The van der Waals surface area contributed by atoms with Crippen LogP contribution in [0.4, 0.5) is 8.78 Å². The SMILES string of the molecule is O=C1CCC(N2C(=O)c3ccc(CNC(C(F)F)C4CNC4)cc3C2=O)C(=O)N1. The van der Waals surface area contributed by atoms with Crippen LogP contribution in [0.25, 0.3) is 0 Å². The van der Waals surface area contributed by atoms with Crippen LogP contribution in [-0.2, 0) is 16.1 Å². The molecular formula is C19H20F2N4O4. The number of nitrogens with one attached hydrogen (secondary N) is 3. The smallest absolute Gasteiger partial charge is 0.262 e. The fourth-order valence-electron chi connectivity index (χ4n) is 3.89. The summed E-state index contributed by atoms with van der Waals surface area (Å²) in [6, 6.07) is 2.58. The molecule has 3 aliphatic heterocycles. The Morgan fingerprint density at radius 3 is 2.45 bits per heavy atom. The number of benzene rings is 1. The Morgan fingerprint density at radius 2 is 1.83 bits per heavy atom. The van der Waals surface area contributed by atoms with Crippen molar-refractivity contribution in [3.63, 3.8) is 0 Å². The maximum atomic E-state index is 13.3. The van der Waals surface area contributed by atoms with E-state index in [1.807, 2.05) is 0 Å². The van der Waals surface area contributed by atoms with Crippen LogP contribution in [0.2, 0.25) is 0 Å². The van der Waals surface area contributed by atoms with Crippen LogP contribution in [0.15, 0.2) is 18.2 Å². The summed E-state index contributed by atoms with van der Waals surface area (Å²) in [6.45, 7) is 1.18. The van der Waals surface area contributed by atoms with Crippen LogP contribution in [0.5, 0.6) is 0 Å². The van der Waals surface area contributed by atoms with E-state index < -0.39 is 42.1 Å². The fraction of sp³-hybridized carbons (Fsp3) is 0.474. The normalized spacial score (nSPS) is 23.3. The molecule has 29 heavy (non-hydrogen) atoms. The van der Waals surface area contributed by atoms with Crippen molar-refractivity contribution in [2.45, 2.75) is 37.9 Å². The molecule has 3 aliphatic rings. The minimum atomic E-state index is -2.51. The highest BCUT2D eigenvalue weighted by molar-refractivity contribution is 6.23. The number of rotatable bonds is 6. The number of amides is 4. The highest BCUT2D eigenvalue weighted by Gasteiger charge is 2.44. The summed E-state index contributed by atoms with van der Waals surface area (Å²) in [5.74, 6) is -2.48. The van der Waals surface area contributed by atoms with Crippen molar-refractivity contribution >= 4 is 23.6 Å². The molecule has 2 fully saturated rings. The van der Waals surface area contributed by atoms with Gasteiger partial charge in [-0.05, 0) is 24.1 Å². The molecule has 3 N–H and O–H groups in total. The van der Waals surface area contributed by atoms with Crippen molar-refractivity contribution in [2.24, 2.45) is 5.92 Å². The highest BCUT2D eigenvalue weighted by Crippen LogP contribution is 2.28. The van der Waals surface area contributed by atoms with Crippen LogP contribution in [0.1, 0.15) is 39.1 Å². The molecule has 0 saturated carbocycles. The minimum Gasteiger partial charge on any atom is -0.316 e. The van der Waals surface area contributed by atoms with Gasteiger partial charge in [-0.2, -0.15) is 0 Å². The lowest BCUT2D eigenvalue weighted by Crippen LogP contribution is -2.56. The molecule has 2 atom stereocenters. The Hall–Kier alpha value is -2.72. The summed E-state index contributed by atoms with van der Waals surface area (Å²) in [5, 5.41) is 7.95. The maximum Gasteiger partial charge on any atom is 0.262 e. The standard InChI is InChI=1S/C19H20F2N4O4/c20-16(21)15(10-7-22-8-10)23-6-9-1-2-11-12(5-9)19(29)25(18(11)28)13-3-4-14(26)24-17(13)27/h1-2,5,10,13,15-16,22-23H,3-4,6-8H2,(H,24,26,27). The van der Waals surface area contributed by atoms with E-state index in [1.165, 1.54) is 12.1 Å². The number of halogens is 2. The number of imide groups is 2. The lowest BCUT2D eigenvalue weighted by atomic mass is 9.94. The molecule has 154 valence electrons. The number of hydrogen-bond donors (Lipinski definition) is 3. The third kappa shape index (κ3) is 3.53. The van der Waals surface area contributed by atoms with Gasteiger partial charge in [-0.1, -0.05) is 6.07 Å². The van der Waals surface area contributed by atoms with Gasteiger partial charge in [-0.25, -0.2) is 8.78 Å². The first-order chi connectivity index (χ1) is 13.9.